The fourth-order valence-corrected chi connectivity index (χ4v) is 3.98. The molecule has 1 aromatic heterocycles. The van der Waals surface area contributed by atoms with Crippen LogP contribution in [0, 0.1) is 5.82 Å². The summed E-state index contributed by atoms with van der Waals surface area (Å²) in [5.41, 5.74) is 0.536. The van der Waals surface area contributed by atoms with Gasteiger partial charge in [-0.2, -0.15) is 0 Å². The number of aromatic nitrogens is 1. The summed E-state index contributed by atoms with van der Waals surface area (Å²) in [5, 5.41) is 1.93. The maximum absolute atomic E-state index is 14.2. The highest BCUT2D eigenvalue weighted by atomic mass is 32.1. The first-order chi connectivity index (χ1) is 14.9. The van der Waals surface area contributed by atoms with Crippen LogP contribution in [0.2, 0.25) is 0 Å². The number of halogens is 1. The standard InChI is InChI=1S/C22H19FN2O5S/c1-13-20(30-19-10-6-5-9-18(19)29-13)21(27)28-11-15-12-31-22(24-15)25(14(2)26)17-8-4-3-7-16(17)23/h3-10,12-13,20H,11H2,1-2H3/t13-,20-/m1/s1. The number of esters is 1. The van der Waals surface area contributed by atoms with Crippen LogP contribution >= 0.6 is 11.3 Å². The van der Waals surface area contributed by atoms with Gasteiger partial charge in [-0.3, -0.25) is 9.69 Å². The van der Waals surface area contributed by atoms with E-state index in [4.69, 9.17) is 14.2 Å². The molecule has 1 aliphatic heterocycles. The number of carbonyl (C=O) groups excluding carboxylic acids is 2. The Kier molecular flexibility index (Phi) is 5.85. The Labute approximate surface area is 182 Å². The molecule has 0 unspecified atom stereocenters. The van der Waals surface area contributed by atoms with Crippen LogP contribution < -0.4 is 14.4 Å². The Bertz CT molecular complexity index is 1120. The first-order valence-electron chi connectivity index (χ1n) is 9.52. The molecule has 3 aromatic rings. The molecule has 0 bridgehead atoms. The van der Waals surface area contributed by atoms with Crippen molar-refractivity contribution in [2.45, 2.75) is 32.7 Å². The number of rotatable bonds is 5. The van der Waals surface area contributed by atoms with Crippen molar-refractivity contribution in [3.05, 3.63) is 65.4 Å². The number of hydrogen-bond donors (Lipinski definition) is 0. The number of fused-ring (bicyclic) bond motifs is 1. The van der Waals surface area contributed by atoms with E-state index in [-0.39, 0.29) is 23.3 Å². The molecule has 1 amide bonds. The number of hydrogen-bond acceptors (Lipinski definition) is 7. The van der Waals surface area contributed by atoms with E-state index in [1.165, 1.54) is 24.0 Å². The summed E-state index contributed by atoms with van der Waals surface area (Å²) in [6.07, 6.45) is -1.44. The van der Waals surface area contributed by atoms with Crippen molar-refractivity contribution in [3.8, 4) is 11.5 Å². The van der Waals surface area contributed by atoms with Crippen molar-refractivity contribution in [1.82, 2.24) is 4.98 Å². The monoisotopic (exact) mass is 442 g/mol. The van der Waals surface area contributed by atoms with E-state index in [1.54, 1.807) is 42.6 Å². The van der Waals surface area contributed by atoms with Crippen molar-refractivity contribution in [1.29, 1.82) is 0 Å². The van der Waals surface area contributed by atoms with Gasteiger partial charge in [-0.15, -0.1) is 11.3 Å². The molecule has 31 heavy (non-hydrogen) atoms. The van der Waals surface area contributed by atoms with Crippen LogP contribution in [0.1, 0.15) is 19.5 Å². The third-order valence-corrected chi connectivity index (χ3v) is 5.45. The number of amides is 1. The third kappa shape index (κ3) is 4.36. The lowest BCUT2D eigenvalue weighted by Gasteiger charge is -2.30. The summed E-state index contributed by atoms with van der Waals surface area (Å²) in [4.78, 5) is 30.2. The van der Waals surface area contributed by atoms with Crippen LogP contribution in [0.4, 0.5) is 15.2 Å². The maximum atomic E-state index is 14.2. The average Bonchev–Trinajstić information content (AvgIpc) is 3.21. The largest absolute Gasteiger partial charge is 0.482 e. The van der Waals surface area contributed by atoms with E-state index in [0.717, 1.165) is 11.3 Å². The van der Waals surface area contributed by atoms with E-state index in [1.807, 2.05) is 6.07 Å². The first kappa shape index (κ1) is 20.8. The summed E-state index contributed by atoms with van der Waals surface area (Å²) in [6, 6.07) is 13.0. The molecule has 2 heterocycles. The number of benzene rings is 2. The molecule has 0 saturated heterocycles. The van der Waals surface area contributed by atoms with Crippen molar-refractivity contribution in [3.63, 3.8) is 0 Å². The van der Waals surface area contributed by atoms with Gasteiger partial charge in [0.15, 0.2) is 16.6 Å². The summed E-state index contributed by atoms with van der Waals surface area (Å²) < 4.78 is 31.0. The molecule has 2 atom stereocenters. The van der Waals surface area contributed by atoms with Gasteiger partial charge in [0.25, 0.3) is 0 Å². The predicted octanol–water partition coefficient (Wildman–Crippen LogP) is 4.24. The van der Waals surface area contributed by atoms with Crippen LogP contribution in [0.25, 0.3) is 0 Å². The zero-order valence-electron chi connectivity index (χ0n) is 16.8. The second-order valence-corrected chi connectivity index (χ2v) is 7.68. The lowest BCUT2D eigenvalue weighted by Crippen LogP contribution is -2.44. The second-order valence-electron chi connectivity index (χ2n) is 6.84. The molecule has 0 spiro atoms. The van der Waals surface area contributed by atoms with Gasteiger partial charge in [0.2, 0.25) is 12.0 Å². The van der Waals surface area contributed by atoms with Gasteiger partial charge in [0, 0.05) is 12.3 Å². The maximum Gasteiger partial charge on any atom is 0.351 e. The first-order valence-corrected chi connectivity index (χ1v) is 10.4. The minimum absolute atomic E-state index is 0.105. The van der Waals surface area contributed by atoms with Gasteiger partial charge in [-0.1, -0.05) is 24.3 Å². The smallest absolute Gasteiger partial charge is 0.351 e. The van der Waals surface area contributed by atoms with Crippen LogP contribution in [0.3, 0.4) is 0 Å². The fourth-order valence-electron chi connectivity index (χ4n) is 3.11. The normalized spacial score (nSPS) is 17.1. The number of thiazole rings is 1. The van der Waals surface area contributed by atoms with Gasteiger partial charge < -0.3 is 14.2 Å². The van der Waals surface area contributed by atoms with Crippen molar-refractivity contribution < 1.29 is 28.2 Å². The number of para-hydroxylation sites is 3. The molecule has 0 N–H and O–H groups in total. The Balaban J connectivity index is 1.44. The molecule has 9 heteroatoms. The highest BCUT2D eigenvalue weighted by molar-refractivity contribution is 7.14. The van der Waals surface area contributed by atoms with E-state index < -0.39 is 24.0 Å². The molecule has 160 valence electrons. The summed E-state index contributed by atoms with van der Waals surface area (Å²) >= 11 is 1.15. The van der Waals surface area contributed by atoms with Gasteiger partial charge in [-0.05, 0) is 31.2 Å². The van der Waals surface area contributed by atoms with Crippen LogP contribution in [-0.2, 0) is 20.9 Å². The lowest BCUT2D eigenvalue weighted by molar-refractivity contribution is -0.159. The van der Waals surface area contributed by atoms with Crippen LogP contribution in [0.15, 0.2) is 53.9 Å². The Morgan fingerprint density at radius 1 is 1.13 bits per heavy atom. The Morgan fingerprint density at radius 3 is 2.52 bits per heavy atom. The summed E-state index contributed by atoms with van der Waals surface area (Å²) in [5.74, 6) is -0.469. The van der Waals surface area contributed by atoms with E-state index in [2.05, 4.69) is 4.98 Å². The zero-order valence-corrected chi connectivity index (χ0v) is 17.6. The Hall–Kier alpha value is -3.46. The Morgan fingerprint density at radius 2 is 1.81 bits per heavy atom. The van der Waals surface area contributed by atoms with Gasteiger partial charge >= 0.3 is 5.97 Å². The van der Waals surface area contributed by atoms with Crippen molar-refractivity contribution in [2.24, 2.45) is 0 Å². The number of anilines is 2. The molecule has 0 aliphatic carbocycles. The van der Waals surface area contributed by atoms with Crippen molar-refractivity contribution >= 4 is 34.0 Å². The fraction of sp³-hybridized carbons (Fsp3) is 0.227. The second kappa shape index (κ2) is 8.73. The number of ether oxygens (including phenoxy) is 3. The van der Waals surface area contributed by atoms with Crippen LogP contribution in [-0.4, -0.2) is 29.1 Å². The SMILES string of the molecule is CC(=O)N(c1nc(COC(=O)[C@@H]2Oc3ccccc3O[C@@H]2C)cs1)c1ccccc1F. The number of carbonyl (C=O) groups is 2. The highest BCUT2D eigenvalue weighted by Crippen LogP contribution is 2.34. The summed E-state index contributed by atoms with van der Waals surface area (Å²) in [7, 11) is 0. The van der Waals surface area contributed by atoms with E-state index in [0.29, 0.717) is 17.2 Å². The molecule has 0 radical (unpaired) electrons. The average molecular weight is 442 g/mol. The number of nitrogens with zero attached hydrogens (tertiary/aromatic N) is 2. The van der Waals surface area contributed by atoms with Crippen molar-refractivity contribution in [2.75, 3.05) is 4.90 Å². The zero-order chi connectivity index (χ0) is 22.0. The molecule has 7 nitrogen and oxygen atoms in total. The van der Waals surface area contributed by atoms with Gasteiger partial charge in [0.05, 0.1) is 11.4 Å². The molecule has 4 rings (SSSR count). The molecule has 1 aliphatic rings. The van der Waals surface area contributed by atoms with E-state index in [9.17, 15) is 14.0 Å². The molecular formula is C22H19FN2O5S. The quantitative estimate of drug-likeness (QED) is 0.550. The minimum atomic E-state index is -0.917. The minimum Gasteiger partial charge on any atom is -0.482 e. The summed E-state index contributed by atoms with van der Waals surface area (Å²) in [6.45, 7) is 2.93. The highest BCUT2D eigenvalue weighted by Gasteiger charge is 2.35. The van der Waals surface area contributed by atoms with Crippen LogP contribution in [0.5, 0.6) is 11.5 Å². The molecular weight excluding hydrogens is 423 g/mol. The lowest BCUT2D eigenvalue weighted by atomic mass is 10.2. The van der Waals surface area contributed by atoms with Gasteiger partial charge in [0.1, 0.15) is 18.5 Å². The van der Waals surface area contributed by atoms with Gasteiger partial charge in [-0.25, -0.2) is 14.2 Å². The molecule has 0 saturated carbocycles. The topological polar surface area (TPSA) is 78.0 Å². The molecule has 2 aromatic carbocycles. The third-order valence-electron chi connectivity index (χ3n) is 4.58. The predicted molar refractivity (Wildman–Crippen MR) is 112 cm³/mol. The molecule has 0 fully saturated rings. The van der Waals surface area contributed by atoms with E-state index >= 15 is 0 Å².